The summed E-state index contributed by atoms with van der Waals surface area (Å²) >= 11 is 5.94. The number of imidazole rings is 1. The molecular weight excluding hydrogens is 289 g/mol. The molecule has 0 bridgehead atoms. The number of pyridine rings is 1. The van der Waals surface area contributed by atoms with Crippen molar-refractivity contribution in [2.75, 3.05) is 6.54 Å². The molecule has 0 unspecified atom stereocenters. The molecule has 3 aromatic rings. The first-order valence-electron chi connectivity index (χ1n) is 6.79. The highest BCUT2D eigenvalue weighted by molar-refractivity contribution is 6.30. The van der Waals surface area contributed by atoms with Crippen LogP contribution in [0.4, 0.5) is 4.39 Å². The third-order valence-corrected chi connectivity index (χ3v) is 3.50. The van der Waals surface area contributed by atoms with Crippen molar-refractivity contribution < 1.29 is 4.39 Å². The Morgan fingerprint density at radius 3 is 2.71 bits per heavy atom. The van der Waals surface area contributed by atoms with Crippen LogP contribution in [0.1, 0.15) is 11.3 Å². The molecule has 0 amide bonds. The first kappa shape index (κ1) is 14.0. The van der Waals surface area contributed by atoms with E-state index in [1.165, 1.54) is 12.1 Å². The molecule has 1 N–H and O–H groups in total. The van der Waals surface area contributed by atoms with Crippen LogP contribution >= 0.6 is 11.6 Å². The summed E-state index contributed by atoms with van der Waals surface area (Å²) in [5.74, 6) is -0.199. The molecule has 5 heteroatoms. The smallest absolute Gasteiger partial charge is 0.137 e. The summed E-state index contributed by atoms with van der Waals surface area (Å²) in [6.45, 7) is 1.51. The molecule has 0 saturated heterocycles. The second kappa shape index (κ2) is 6.24. The van der Waals surface area contributed by atoms with Gasteiger partial charge in [-0.15, -0.1) is 0 Å². The highest BCUT2D eigenvalue weighted by atomic mass is 35.5. The zero-order valence-corrected chi connectivity index (χ0v) is 12.1. The second-order valence-electron chi connectivity index (χ2n) is 4.90. The van der Waals surface area contributed by atoms with Crippen LogP contribution < -0.4 is 5.32 Å². The Hall–Kier alpha value is -1.91. The van der Waals surface area contributed by atoms with Crippen LogP contribution in [0.2, 0.25) is 5.02 Å². The SMILES string of the molecule is Fc1ccc(CCNCc2cn3cc(Cl)ccc3n2)cc1. The number of halogens is 2. The number of benzene rings is 1. The summed E-state index contributed by atoms with van der Waals surface area (Å²) < 4.78 is 14.7. The monoisotopic (exact) mass is 303 g/mol. The molecule has 0 aliphatic heterocycles. The van der Waals surface area contributed by atoms with Gasteiger partial charge in [0, 0.05) is 18.9 Å². The number of rotatable bonds is 5. The van der Waals surface area contributed by atoms with E-state index in [-0.39, 0.29) is 5.82 Å². The Bertz CT molecular complexity index is 737. The van der Waals surface area contributed by atoms with Crippen molar-refractivity contribution >= 4 is 17.2 Å². The minimum atomic E-state index is -0.199. The number of aromatic nitrogens is 2. The molecular formula is C16H15ClFN3. The van der Waals surface area contributed by atoms with Crippen LogP contribution in [-0.4, -0.2) is 15.9 Å². The number of nitrogens with one attached hydrogen (secondary N) is 1. The van der Waals surface area contributed by atoms with Gasteiger partial charge in [-0.25, -0.2) is 9.37 Å². The molecule has 0 saturated carbocycles. The minimum Gasteiger partial charge on any atom is -0.311 e. The molecule has 0 fully saturated rings. The number of fused-ring (bicyclic) bond motifs is 1. The van der Waals surface area contributed by atoms with Crippen LogP contribution in [-0.2, 0) is 13.0 Å². The molecule has 0 aliphatic carbocycles. The molecule has 1 aromatic carbocycles. The van der Waals surface area contributed by atoms with Crippen molar-refractivity contribution in [2.24, 2.45) is 0 Å². The van der Waals surface area contributed by atoms with Crippen molar-refractivity contribution in [2.45, 2.75) is 13.0 Å². The molecule has 2 heterocycles. The van der Waals surface area contributed by atoms with E-state index in [0.29, 0.717) is 11.6 Å². The molecule has 0 spiro atoms. The lowest BCUT2D eigenvalue weighted by atomic mass is 10.1. The van der Waals surface area contributed by atoms with Gasteiger partial charge in [-0.05, 0) is 42.8 Å². The Labute approximate surface area is 127 Å². The normalized spacial score (nSPS) is 11.1. The lowest BCUT2D eigenvalue weighted by Crippen LogP contribution is -2.16. The number of hydrogen-bond acceptors (Lipinski definition) is 2. The first-order valence-corrected chi connectivity index (χ1v) is 7.17. The van der Waals surface area contributed by atoms with E-state index in [1.807, 2.05) is 41.1 Å². The van der Waals surface area contributed by atoms with Crippen LogP contribution in [0.25, 0.3) is 5.65 Å². The van der Waals surface area contributed by atoms with Crippen molar-refractivity contribution in [1.29, 1.82) is 0 Å². The van der Waals surface area contributed by atoms with Gasteiger partial charge in [0.2, 0.25) is 0 Å². The lowest BCUT2D eigenvalue weighted by Gasteiger charge is -2.03. The van der Waals surface area contributed by atoms with Gasteiger partial charge in [0.05, 0.1) is 10.7 Å². The van der Waals surface area contributed by atoms with E-state index in [4.69, 9.17) is 11.6 Å². The Morgan fingerprint density at radius 2 is 1.90 bits per heavy atom. The number of hydrogen-bond donors (Lipinski definition) is 1. The third kappa shape index (κ3) is 3.60. The molecule has 0 radical (unpaired) electrons. The average Bonchev–Trinajstić information content (AvgIpc) is 2.87. The minimum absolute atomic E-state index is 0.199. The molecule has 2 aromatic heterocycles. The topological polar surface area (TPSA) is 29.3 Å². The first-order chi connectivity index (χ1) is 10.2. The molecule has 21 heavy (non-hydrogen) atoms. The molecule has 108 valence electrons. The lowest BCUT2D eigenvalue weighted by molar-refractivity contribution is 0.625. The summed E-state index contributed by atoms with van der Waals surface area (Å²) in [5.41, 5.74) is 2.97. The van der Waals surface area contributed by atoms with Gasteiger partial charge in [0.15, 0.2) is 0 Å². The van der Waals surface area contributed by atoms with E-state index in [0.717, 1.165) is 29.9 Å². The molecule has 0 atom stereocenters. The van der Waals surface area contributed by atoms with Gasteiger partial charge in [0.1, 0.15) is 11.5 Å². The van der Waals surface area contributed by atoms with Gasteiger partial charge in [-0.3, -0.25) is 0 Å². The van der Waals surface area contributed by atoms with Gasteiger partial charge in [0.25, 0.3) is 0 Å². The van der Waals surface area contributed by atoms with Crippen LogP contribution in [0.3, 0.4) is 0 Å². The van der Waals surface area contributed by atoms with E-state index in [1.54, 1.807) is 0 Å². The fraction of sp³-hybridized carbons (Fsp3) is 0.188. The zero-order valence-electron chi connectivity index (χ0n) is 11.4. The number of nitrogens with zero attached hydrogens (tertiary/aromatic N) is 2. The van der Waals surface area contributed by atoms with E-state index < -0.39 is 0 Å². The summed E-state index contributed by atoms with van der Waals surface area (Å²) in [5, 5.41) is 4.03. The maximum absolute atomic E-state index is 12.8. The highest BCUT2D eigenvalue weighted by Crippen LogP contribution is 2.11. The highest BCUT2D eigenvalue weighted by Gasteiger charge is 2.02. The third-order valence-electron chi connectivity index (χ3n) is 3.27. The molecule has 3 nitrogen and oxygen atoms in total. The van der Waals surface area contributed by atoms with Gasteiger partial charge < -0.3 is 9.72 Å². The van der Waals surface area contributed by atoms with Gasteiger partial charge in [-0.2, -0.15) is 0 Å². The van der Waals surface area contributed by atoms with Crippen molar-refractivity contribution in [3.05, 3.63) is 70.9 Å². The summed E-state index contributed by atoms with van der Waals surface area (Å²) in [7, 11) is 0. The Balaban J connectivity index is 1.53. The molecule has 0 aliphatic rings. The van der Waals surface area contributed by atoms with E-state index in [2.05, 4.69) is 10.3 Å². The maximum Gasteiger partial charge on any atom is 0.137 e. The summed E-state index contributed by atoms with van der Waals surface area (Å²) in [4.78, 5) is 4.50. The fourth-order valence-corrected chi connectivity index (χ4v) is 2.37. The largest absolute Gasteiger partial charge is 0.311 e. The van der Waals surface area contributed by atoms with Crippen molar-refractivity contribution in [1.82, 2.24) is 14.7 Å². The fourth-order valence-electron chi connectivity index (χ4n) is 2.20. The Kier molecular flexibility index (Phi) is 4.18. The average molecular weight is 304 g/mol. The van der Waals surface area contributed by atoms with Crippen molar-refractivity contribution in [3.8, 4) is 0 Å². The Morgan fingerprint density at radius 1 is 1.10 bits per heavy atom. The van der Waals surface area contributed by atoms with Crippen molar-refractivity contribution in [3.63, 3.8) is 0 Å². The maximum atomic E-state index is 12.8. The predicted octanol–water partition coefficient (Wildman–Crippen LogP) is 3.46. The predicted molar refractivity (Wildman–Crippen MR) is 82.0 cm³/mol. The van der Waals surface area contributed by atoms with E-state index >= 15 is 0 Å². The standard InChI is InChI=1S/C16H15ClFN3/c17-13-3-6-16-20-15(11-21(16)10-13)9-19-8-7-12-1-4-14(18)5-2-12/h1-6,10-11,19H,7-9H2. The van der Waals surface area contributed by atoms with Crippen LogP contribution in [0.5, 0.6) is 0 Å². The van der Waals surface area contributed by atoms with Crippen LogP contribution in [0, 0.1) is 5.82 Å². The van der Waals surface area contributed by atoms with Gasteiger partial charge >= 0.3 is 0 Å². The van der Waals surface area contributed by atoms with Crippen LogP contribution in [0.15, 0.2) is 48.8 Å². The quantitative estimate of drug-likeness (QED) is 0.731. The summed E-state index contributed by atoms with van der Waals surface area (Å²) in [6, 6.07) is 10.3. The molecule has 3 rings (SSSR count). The summed E-state index contributed by atoms with van der Waals surface area (Å²) in [6.07, 6.45) is 4.66. The van der Waals surface area contributed by atoms with Gasteiger partial charge in [-0.1, -0.05) is 23.7 Å². The van der Waals surface area contributed by atoms with E-state index in [9.17, 15) is 4.39 Å². The zero-order chi connectivity index (χ0) is 14.7. The second-order valence-corrected chi connectivity index (χ2v) is 5.33.